The molecule has 5 rings (SSSR count). The first-order valence-electron chi connectivity index (χ1n) is 8.53. The second kappa shape index (κ2) is 6.16. The van der Waals surface area contributed by atoms with Crippen molar-refractivity contribution in [2.45, 2.75) is 5.92 Å². The van der Waals surface area contributed by atoms with Crippen molar-refractivity contribution in [3.63, 3.8) is 0 Å². The van der Waals surface area contributed by atoms with E-state index < -0.39 is 11.6 Å². The predicted molar refractivity (Wildman–Crippen MR) is 99.8 cm³/mol. The van der Waals surface area contributed by atoms with Crippen molar-refractivity contribution in [1.29, 1.82) is 0 Å². The normalized spacial score (nSPS) is 11.9. The Morgan fingerprint density at radius 3 is 2.61 bits per heavy atom. The minimum Gasteiger partial charge on any atom is -0.335 e. The molecule has 0 aliphatic heterocycles. The van der Waals surface area contributed by atoms with Gasteiger partial charge in [0.1, 0.15) is 0 Å². The van der Waals surface area contributed by atoms with Gasteiger partial charge in [-0.05, 0) is 36.4 Å². The number of alkyl halides is 2. The van der Waals surface area contributed by atoms with E-state index in [4.69, 9.17) is 4.52 Å². The fraction of sp³-hybridized carbons (Fsp3) is 0.0476. The van der Waals surface area contributed by atoms with E-state index in [-0.39, 0.29) is 16.7 Å². The Morgan fingerprint density at radius 1 is 0.857 bits per heavy atom. The number of benzene rings is 1. The van der Waals surface area contributed by atoms with Crippen molar-refractivity contribution in [3.05, 3.63) is 84.4 Å². The zero-order valence-corrected chi connectivity index (χ0v) is 14.4. The fourth-order valence-electron chi connectivity index (χ4n) is 3.14. The van der Waals surface area contributed by atoms with Crippen LogP contribution in [0.5, 0.6) is 0 Å². The van der Waals surface area contributed by atoms with Gasteiger partial charge in [-0.15, -0.1) is 0 Å². The van der Waals surface area contributed by atoms with Crippen LogP contribution < -0.4 is 0 Å². The molecule has 0 bridgehead atoms. The molecule has 0 atom stereocenters. The number of halogens is 2. The van der Waals surface area contributed by atoms with Gasteiger partial charge in [0, 0.05) is 35.1 Å². The van der Waals surface area contributed by atoms with Crippen molar-refractivity contribution in [3.8, 4) is 11.3 Å². The molecule has 28 heavy (non-hydrogen) atoms. The lowest BCUT2D eigenvalue weighted by molar-refractivity contribution is 0.0362. The summed E-state index contributed by atoms with van der Waals surface area (Å²) in [5, 5.41) is 4.41. The zero-order valence-electron chi connectivity index (χ0n) is 14.4. The number of rotatable bonds is 3. The van der Waals surface area contributed by atoms with Gasteiger partial charge in [-0.25, -0.2) is 4.98 Å². The zero-order chi connectivity index (χ0) is 19.1. The van der Waals surface area contributed by atoms with Gasteiger partial charge in [0.2, 0.25) is 0 Å². The van der Waals surface area contributed by atoms with Gasteiger partial charge in [-0.2, -0.15) is 8.78 Å². The maximum absolute atomic E-state index is 15.3. The third kappa shape index (κ3) is 2.60. The monoisotopic (exact) mass is 374 g/mol. The minimum absolute atomic E-state index is 0.0526. The molecule has 0 saturated heterocycles. The predicted octanol–water partition coefficient (Wildman–Crippen LogP) is 4.97. The van der Waals surface area contributed by atoms with Crippen LogP contribution in [0, 0.1) is 0 Å². The highest BCUT2D eigenvalue weighted by atomic mass is 19.3. The maximum atomic E-state index is 15.3. The molecule has 0 unspecified atom stereocenters. The van der Waals surface area contributed by atoms with Crippen LogP contribution in [-0.4, -0.2) is 20.1 Å². The van der Waals surface area contributed by atoms with Crippen LogP contribution in [-0.2, 0) is 5.92 Å². The van der Waals surface area contributed by atoms with Gasteiger partial charge in [-0.1, -0.05) is 23.4 Å². The number of hydrogen-bond donors (Lipinski definition) is 0. The number of pyridine rings is 3. The molecule has 0 saturated carbocycles. The highest BCUT2D eigenvalue weighted by molar-refractivity contribution is 5.83. The van der Waals surface area contributed by atoms with Crippen molar-refractivity contribution in [1.82, 2.24) is 20.1 Å². The lowest BCUT2D eigenvalue weighted by atomic mass is 10.0. The van der Waals surface area contributed by atoms with Gasteiger partial charge >= 0.3 is 5.92 Å². The molecular weight excluding hydrogens is 362 g/mol. The molecular formula is C21H12F2N4O. The van der Waals surface area contributed by atoms with E-state index in [9.17, 15) is 0 Å². The highest BCUT2D eigenvalue weighted by Gasteiger charge is 2.40. The Hall–Kier alpha value is -3.74. The van der Waals surface area contributed by atoms with E-state index in [0.29, 0.717) is 22.2 Å². The quantitative estimate of drug-likeness (QED) is 0.446. The number of aromatic nitrogens is 4. The molecule has 0 aliphatic rings. The summed E-state index contributed by atoms with van der Waals surface area (Å²) in [6.07, 6.45) is 4.78. The van der Waals surface area contributed by atoms with Crippen molar-refractivity contribution in [2.24, 2.45) is 0 Å². The molecule has 0 amide bonds. The topological polar surface area (TPSA) is 64.7 Å². The second-order valence-electron chi connectivity index (χ2n) is 6.31. The first-order valence-corrected chi connectivity index (χ1v) is 8.53. The van der Waals surface area contributed by atoms with E-state index >= 15 is 8.78 Å². The minimum atomic E-state index is -3.36. The average Bonchev–Trinajstić information content (AvgIpc) is 3.18. The summed E-state index contributed by atoms with van der Waals surface area (Å²) in [4.78, 5) is 12.5. The molecule has 0 N–H and O–H groups in total. The summed E-state index contributed by atoms with van der Waals surface area (Å²) in [5.41, 5.74) is 1.27. The summed E-state index contributed by atoms with van der Waals surface area (Å²) >= 11 is 0. The Labute approximate surface area is 157 Å². The standard InChI is InChI=1S/C21H12F2N4O/c22-21(23,15-6-7-18-13(10-15)4-3-9-25-18)19-16-11-14(12-26-20(16)28-27-19)17-5-1-2-8-24-17/h1-12H. The molecule has 4 aromatic heterocycles. The molecule has 5 aromatic rings. The van der Waals surface area contributed by atoms with E-state index in [1.165, 1.54) is 18.3 Å². The van der Waals surface area contributed by atoms with Gasteiger partial charge in [-0.3, -0.25) is 9.97 Å². The summed E-state index contributed by atoms with van der Waals surface area (Å²) in [7, 11) is 0. The largest absolute Gasteiger partial charge is 0.335 e. The SMILES string of the molecule is FC(F)(c1ccc2ncccc2c1)c1noc2ncc(-c3ccccn3)cc12. The van der Waals surface area contributed by atoms with Crippen LogP contribution in [0.15, 0.2) is 77.7 Å². The smallest absolute Gasteiger partial charge is 0.319 e. The molecule has 0 spiro atoms. The Morgan fingerprint density at radius 2 is 1.75 bits per heavy atom. The molecule has 5 nitrogen and oxygen atoms in total. The Bertz CT molecular complexity index is 1300. The van der Waals surface area contributed by atoms with Crippen LogP contribution >= 0.6 is 0 Å². The van der Waals surface area contributed by atoms with Crippen LogP contribution in [0.2, 0.25) is 0 Å². The molecule has 4 heterocycles. The lowest BCUT2D eigenvalue weighted by Crippen LogP contribution is -2.16. The fourth-order valence-corrected chi connectivity index (χ4v) is 3.14. The summed E-state index contributed by atoms with van der Waals surface area (Å²) in [6, 6.07) is 14.7. The summed E-state index contributed by atoms with van der Waals surface area (Å²) in [5.74, 6) is -3.36. The van der Waals surface area contributed by atoms with E-state index in [2.05, 4.69) is 20.1 Å². The first-order chi connectivity index (χ1) is 13.6. The third-order valence-electron chi connectivity index (χ3n) is 4.55. The van der Waals surface area contributed by atoms with E-state index in [1.807, 2.05) is 6.07 Å². The van der Waals surface area contributed by atoms with Gasteiger partial charge < -0.3 is 4.52 Å². The molecule has 7 heteroatoms. The summed E-state index contributed by atoms with van der Waals surface area (Å²) in [6.45, 7) is 0. The van der Waals surface area contributed by atoms with Gasteiger partial charge in [0.25, 0.3) is 5.71 Å². The number of nitrogens with zero attached hydrogens (tertiary/aromatic N) is 4. The summed E-state index contributed by atoms with van der Waals surface area (Å²) < 4.78 is 35.7. The van der Waals surface area contributed by atoms with Crippen LogP contribution in [0.3, 0.4) is 0 Å². The van der Waals surface area contributed by atoms with Crippen molar-refractivity contribution >= 4 is 22.0 Å². The maximum Gasteiger partial charge on any atom is 0.319 e. The van der Waals surface area contributed by atoms with Crippen LogP contribution in [0.25, 0.3) is 33.3 Å². The second-order valence-corrected chi connectivity index (χ2v) is 6.31. The van der Waals surface area contributed by atoms with Crippen LogP contribution in [0.1, 0.15) is 11.3 Å². The lowest BCUT2D eigenvalue weighted by Gasteiger charge is -2.15. The first kappa shape index (κ1) is 16.4. The highest BCUT2D eigenvalue weighted by Crippen LogP contribution is 2.40. The number of hydrogen-bond acceptors (Lipinski definition) is 5. The molecule has 1 aromatic carbocycles. The molecule has 0 aliphatic carbocycles. The van der Waals surface area contributed by atoms with Crippen molar-refractivity contribution in [2.75, 3.05) is 0 Å². The van der Waals surface area contributed by atoms with Gasteiger partial charge in [0.05, 0.1) is 16.6 Å². The number of fused-ring (bicyclic) bond motifs is 2. The molecule has 0 fully saturated rings. The third-order valence-corrected chi connectivity index (χ3v) is 4.55. The Kier molecular flexibility index (Phi) is 3.61. The molecule has 136 valence electrons. The molecule has 0 radical (unpaired) electrons. The van der Waals surface area contributed by atoms with E-state index in [1.54, 1.807) is 48.8 Å². The van der Waals surface area contributed by atoms with Crippen LogP contribution in [0.4, 0.5) is 8.78 Å². The van der Waals surface area contributed by atoms with Gasteiger partial charge in [0.15, 0.2) is 5.69 Å². The van der Waals surface area contributed by atoms with Crippen molar-refractivity contribution < 1.29 is 13.3 Å². The Balaban J connectivity index is 1.66. The van der Waals surface area contributed by atoms with E-state index in [0.717, 1.165) is 0 Å². The average molecular weight is 374 g/mol.